The Labute approximate surface area is 169 Å². The van der Waals surface area contributed by atoms with Crippen LogP contribution in [0.5, 0.6) is 5.75 Å². The lowest BCUT2D eigenvalue weighted by atomic mass is 10.1. The lowest BCUT2D eigenvalue weighted by molar-refractivity contribution is -0.0494. The van der Waals surface area contributed by atoms with E-state index in [0.29, 0.717) is 23.4 Å². The molecule has 1 fully saturated rings. The number of aromatic hydroxyl groups is 1. The van der Waals surface area contributed by atoms with E-state index in [2.05, 4.69) is 15.6 Å². The van der Waals surface area contributed by atoms with Crippen molar-refractivity contribution < 1.29 is 26.7 Å². The molecule has 0 amide bonds. The third kappa shape index (κ3) is 5.75. The highest BCUT2D eigenvalue weighted by Gasteiger charge is 2.50. The molecule has 0 atom stereocenters. The summed E-state index contributed by atoms with van der Waals surface area (Å²) >= 11 is 0. The van der Waals surface area contributed by atoms with Crippen molar-refractivity contribution in [3.63, 3.8) is 0 Å². The molecule has 0 aromatic heterocycles. The van der Waals surface area contributed by atoms with Crippen LogP contribution in [0.4, 0.5) is 13.2 Å². The van der Waals surface area contributed by atoms with Gasteiger partial charge in [-0.25, -0.2) is 13.4 Å². The summed E-state index contributed by atoms with van der Waals surface area (Å²) in [4.78, 5) is 4.50. The molecule has 1 aliphatic heterocycles. The van der Waals surface area contributed by atoms with Crippen molar-refractivity contribution in [3.8, 4) is 5.75 Å². The van der Waals surface area contributed by atoms with Crippen LogP contribution in [-0.4, -0.2) is 55.0 Å². The van der Waals surface area contributed by atoms with Gasteiger partial charge in [0.15, 0.2) is 5.96 Å². The topological polar surface area (TPSA) is 94.0 Å². The predicted molar refractivity (Wildman–Crippen MR) is 105 cm³/mol. The van der Waals surface area contributed by atoms with E-state index in [4.69, 9.17) is 0 Å². The Bertz CT molecular complexity index is 825. The van der Waals surface area contributed by atoms with Gasteiger partial charge in [-0.05, 0) is 50.3 Å². The Morgan fingerprint density at radius 1 is 1.24 bits per heavy atom. The van der Waals surface area contributed by atoms with E-state index in [9.17, 15) is 26.7 Å². The number of rotatable bonds is 5. The molecule has 0 unspecified atom stereocenters. The molecule has 0 saturated carbocycles. The van der Waals surface area contributed by atoms with Crippen LogP contribution in [0.2, 0.25) is 0 Å². The Morgan fingerprint density at radius 2 is 1.79 bits per heavy atom. The third-order valence-corrected chi connectivity index (χ3v) is 6.37. The summed E-state index contributed by atoms with van der Waals surface area (Å²) in [5, 5.41) is 16.1. The van der Waals surface area contributed by atoms with E-state index in [0.717, 1.165) is 16.7 Å². The zero-order chi connectivity index (χ0) is 21.8. The van der Waals surface area contributed by atoms with Crippen LogP contribution in [0.25, 0.3) is 0 Å². The van der Waals surface area contributed by atoms with E-state index >= 15 is 0 Å². The van der Waals surface area contributed by atoms with Gasteiger partial charge in [-0.2, -0.15) is 17.5 Å². The van der Waals surface area contributed by atoms with Crippen molar-refractivity contribution in [1.82, 2.24) is 14.9 Å². The van der Waals surface area contributed by atoms with Crippen molar-refractivity contribution in [1.29, 1.82) is 0 Å². The number of piperidine rings is 1. The van der Waals surface area contributed by atoms with Crippen LogP contribution < -0.4 is 10.6 Å². The molecule has 1 aromatic rings. The molecule has 0 spiro atoms. The second-order valence-electron chi connectivity index (χ2n) is 7.04. The van der Waals surface area contributed by atoms with Crippen LogP contribution in [0.1, 0.15) is 36.5 Å². The normalized spacial score (nSPS) is 17.4. The number of benzene rings is 1. The first-order chi connectivity index (χ1) is 13.5. The SMILES string of the molecule is CCNC(=NCc1cc(C)c(O)c(C)c1)NC1CCN(S(=O)(=O)C(F)(F)F)CC1. The van der Waals surface area contributed by atoms with E-state index < -0.39 is 15.5 Å². The van der Waals surface area contributed by atoms with E-state index in [1.807, 2.05) is 32.9 Å². The zero-order valence-electron chi connectivity index (χ0n) is 16.7. The molecule has 164 valence electrons. The predicted octanol–water partition coefficient (Wildman–Crippen LogP) is 2.38. The molecule has 1 aromatic carbocycles. The minimum atomic E-state index is -5.28. The van der Waals surface area contributed by atoms with Gasteiger partial charge < -0.3 is 15.7 Å². The maximum atomic E-state index is 12.7. The monoisotopic (exact) mass is 436 g/mol. The Kier molecular flexibility index (Phi) is 7.39. The quantitative estimate of drug-likeness (QED) is 0.487. The summed E-state index contributed by atoms with van der Waals surface area (Å²) in [5.74, 6) is 0.760. The summed E-state index contributed by atoms with van der Waals surface area (Å²) in [7, 11) is -5.28. The highest BCUT2D eigenvalue weighted by molar-refractivity contribution is 7.90. The fourth-order valence-corrected chi connectivity index (χ4v) is 4.19. The fraction of sp³-hybridized carbons (Fsp3) is 0.611. The maximum Gasteiger partial charge on any atom is 0.511 e. The number of hydrogen-bond acceptors (Lipinski definition) is 4. The second kappa shape index (κ2) is 9.21. The number of nitrogens with zero attached hydrogens (tertiary/aromatic N) is 2. The van der Waals surface area contributed by atoms with Gasteiger partial charge in [0.05, 0.1) is 6.54 Å². The molecule has 2 rings (SSSR count). The van der Waals surface area contributed by atoms with E-state index in [1.54, 1.807) is 0 Å². The first-order valence-electron chi connectivity index (χ1n) is 9.36. The van der Waals surface area contributed by atoms with Gasteiger partial charge in [-0.1, -0.05) is 12.1 Å². The van der Waals surface area contributed by atoms with Gasteiger partial charge in [-0.3, -0.25) is 0 Å². The third-order valence-electron chi connectivity index (χ3n) is 4.74. The van der Waals surface area contributed by atoms with Crippen LogP contribution >= 0.6 is 0 Å². The number of sulfonamides is 1. The molecule has 0 bridgehead atoms. The standard InChI is InChI=1S/C18H27F3N4O3S/c1-4-22-17(23-11-14-9-12(2)16(26)13(3)10-14)24-15-5-7-25(8-6-15)29(27,28)18(19,20)21/h9-10,15,26H,4-8,11H2,1-3H3,(H2,22,23,24). The first kappa shape index (κ1) is 23.3. The molecule has 0 aliphatic carbocycles. The minimum Gasteiger partial charge on any atom is -0.507 e. The molecule has 0 radical (unpaired) electrons. The number of guanidine groups is 1. The highest BCUT2D eigenvalue weighted by Crippen LogP contribution is 2.29. The van der Waals surface area contributed by atoms with Crippen molar-refractivity contribution in [2.75, 3.05) is 19.6 Å². The van der Waals surface area contributed by atoms with Crippen molar-refractivity contribution in [3.05, 3.63) is 28.8 Å². The molecule has 1 heterocycles. The van der Waals surface area contributed by atoms with Gasteiger partial charge in [0.1, 0.15) is 5.75 Å². The van der Waals surface area contributed by atoms with E-state index in [-0.39, 0.29) is 37.7 Å². The summed E-state index contributed by atoms with van der Waals surface area (Å²) < 4.78 is 61.5. The van der Waals surface area contributed by atoms with Gasteiger partial charge >= 0.3 is 15.5 Å². The molecule has 11 heteroatoms. The molecule has 7 nitrogen and oxygen atoms in total. The lowest BCUT2D eigenvalue weighted by Gasteiger charge is -2.32. The number of aliphatic imine (C=N–C) groups is 1. The summed E-state index contributed by atoms with van der Waals surface area (Å²) in [6.45, 7) is 6.07. The average molecular weight is 437 g/mol. The number of hydrogen-bond donors (Lipinski definition) is 3. The smallest absolute Gasteiger partial charge is 0.507 e. The summed E-state index contributed by atoms with van der Waals surface area (Å²) in [6.07, 6.45) is 0.494. The molecule has 29 heavy (non-hydrogen) atoms. The number of alkyl halides is 3. The molecule has 1 saturated heterocycles. The number of phenolic OH excluding ortho intramolecular Hbond substituents is 1. The Balaban J connectivity index is 2.00. The van der Waals surface area contributed by atoms with Gasteiger partial charge in [0, 0.05) is 25.7 Å². The maximum absolute atomic E-state index is 12.7. The molecule has 1 aliphatic rings. The number of halogens is 3. The van der Waals surface area contributed by atoms with Gasteiger partial charge in [0.25, 0.3) is 0 Å². The summed E-state index contributed by atoms with van der Waals surface area (Å²) in [6, 6.07) is 3.50. The number of phenols is 1. The van der Waals surface area contributed by atoms with Crippen molar-refractivity contribution in [2.24, 2.45) is 4.99 Å². The van der Waals surface area contributed by atoms with Gasteiger partial charge in [-0.15, -0.1) is 0 Å². The number of aryl methyl sites for hydroxylation is 2. The van der Waals surface area contributed by atoms with E-state index in [1.165, 1.54) is 0 Å². The largest absolute Gasteiger partial charge is 0.511 e. The van der Waals surface area contributed by atoms with Gasteiger partial charge in [0.2, 0.25) is 0 Å². The van der Waals surface area contributed by atoms with Crippen LogP contribution in [-0.2, 0) is 16.6 Å². The first-order valence-corrected chi connectivity index (χ1v) is 10.8. The van der Waals surface area contributed by atoms with Crippen LogP contribution in [0, 0.1) is 13.8 Å². The minimum absolute atomic E-state index is 0.184. The molecular weight excluding hydrogens is 409 g/mol. The Morgan fingerprint density at radius 3 is 2.28 bits per heavy atom. The Hall–Kier alpha value is -2.01. The molecule has 3 N–H and O–H groups in total. The fourth-order valence-electron chi connectivity index (χ4n) is 3.21. The lowest BCUT2D eigenvalue weighted by Crippen LogP contribution is -2.51. The summed E-state index contributed by atoms with van der Waals surface area (Å²) in [5.41, 5.74) is -2.84. The zero-order valence-corrected chi connectivity index (χ0v) is 17.5. The van der Waals surface area contributed by atoms with Crippen LogP contribution in [0.15, 0.2) is 17.1 Å². The van der Waals surface area contributed by atoms with Crippen molar-refractivity contribution >= 4 is 16.0 Å². The van der Waals surface area contributed by atoms with Crippen LogP contribution in [0.3, 0.4) is 0 Å². The van der Waals surface area contributed by atoms with Crippen molar-refractivity contribution in [2.45, 2.75) is 51.7 Å². The second-order valence-corrected chi connectivity index (χ2v) is 8.97. The highest BCUT2D eigenvalue weighted by atomic mass is 32.2. The molecular formula is C18H27F3N4O3S. The average Bonchev–Trinajstić information content (AvgIpc) is 2.63. The number of nitrogens with one attached hydrogen (secondary N) is 2.